The number of aliphatic carboxylic acids is 1. The average Bonchev–Trinajstić information content (AvgIpc) is 3.06. The van der Waals surface area contributed by atoms with Crippen molar-refractivity contribution in [3.63, 3.8) is 0 Å². The van der Waals surface area contributed by atoms with Gasteiger partial charge in [0.05, 0.1) is 5.75 Å². The Morgan fingerprint density at radius 3 is 2.42 bits per heavy atom. The van der Waals surface area contributed by atoms with Crippen molar-refractivity contribution in [1.29, 1.82) is 0 Å². The van der Waals surface area contributed by atoms with Crippen LogP contribution in [0.25, 0.3) is 0 Å². The van der Waals surface area contributed by atoms with Crippen LogP contribution < -0.4 is 5.32 Å². The molecular weight excluding hydrogens is 268 g/mol. The van der Waals surface area contributed by atoms with Crippen molar-refractivity contribution in [3.8, 4) is 0 Å². The summed E-state index contributed by atoms with van der Waals surface area (Å²) in [4.78, 5) is 13.2. The lowest BCUT2D eigenvalue weighted by atomic mass is 9.97. The molecule has 0 bridgehead atoms. The van der Waals surface area contributed by atoms with E-state index in [0.29, 0.717) is 25.6 Å². The molecule has 1 saturated carbocycles. The highest BCUT2D eigenvalue weighted by Gasteiger charge is 2.38. The van der Waals surface area contributed by atoms with Gasteiger partial charge < -0.3 is 10.0 Å². The molecule has 6 nitrogen and oxygen atoms in total. The minimum Gasteiger partial charge on any atom is -0.480 e. The fourth-order valence-electron chi connectivity index (χ4n) is 1.77. The van der Waals surface area contributed by atoms with E-state index >= 15 is 0 Å². The first kappa shape index (κ1) is 16.4. The molecule has 1 aliphatic carbocycles. The van der Waals surface area contributed by atoms with Gasteiger partial charge in [-0.05, 0) is 33.2 Å². The Morgan fingerprint density at radius 2 is 2.00 bits per heavy atom. The third kappa shape index (κ3) is 6.35. The molecule has 0 aliphatic heterocycles. The van der Waals surface area contributed by atoms with Gasteiger partial charge in [-0.15, -0.1) is 0 Å². The number of hydrogen-bond acceptors (Lipinski definition) is 5. The average molecular weight is 292 g/mol. The summed E-state index contributed by atoms with van der Waals surface area (Å²) >= 11 is 0. The maximum absolute atomic E-state index is 11.3. The summed E-state index contributed by atoms with van der Waals surface area (Å²) in [7, 11) is -1.16. The third-order valence-corrected chi connectivity index (χ3v) is 4.33. The van der Waals surface area contributed by atoms with E-state index in [0.717, 1.165) is 12.8 Å². The molecular formula is C12H24N2O4S. The zero-order chi connectivity index (χ0) is 14.7. The van der Waals surface area contributed by atoms with E-state index in [4.69, 9.17) is 0 Å². The van der Waals surface area contributed by atoms with Gasteiger partial charge >= 0.3 is 5.97 Å². The van der Waals surface area contributed by atoms with Gasteiger partial charge in [-0.2, -0.15) is 0 Å². The number of nitrogens with zero attached hydrogens (tertiary/aromatic N) is 1. The number of carboxylic acid groups (broad SMARTS) is 1. The Balaban J connectivity index is 2.40. The lowest BCUT2D eigenvalue weighted by molar-refractivity contribution is -0.144. The summed E-state index contributed by atoms with van der Waals surface area (Å²) in [5.74, 6) is -0.750. The molecule has 0 aromatic carbocycles. The first-order valence-electron chi connectivity index (χ1n) is 6.50. The molecule has 1 aliphatic rings. The number of sulfone groups is 1. The molecule has 19 heavy (non-hydrogen) atoms. The van der Waals surface area contributed by atoms with Crippen molar-refractivity contribution in [3.05, 3.63) is 0 Å². The summed E-state index contributed by atoms with van der Waals surface area (Å²) in [6, 6.07) is 0.322. The Bertz CT molecular complexity index is 419. The molecule has 0 amide bonds. The van der Waals surface area contributed by atoms with E-state index in [1.807, 2.05) is 11.9 Å². The predicted molar refractivity (Wildman–Crippen MR) is 74.0 cm³/mol. The molecule has 1 fully saturated rings. The standard InChI is InChI=1S/C12H24N2O4S/c1-12(11(15)16,13-10-4-5-10)6-7-14(2)8-9-19(3,17)18/h10,13H,4-9H2,1-3H3,(H,15,16). The quantitative estimate of drug-likeness (QED) is 0.619. The zero-order valence-corrected chi connectivity index (χ0v) is 12.7. The van der Waals surface area contributed by atoms with E-state index in [1.54, 1.807) is 6.92 Å². The number of hydrogen-bond donors (Lipinski definition) is 2. The van der Waals surface area contributed by atoms with Crippen LogP contribution in [0, 0.1) is 0 Å². The molecule has 0 heterocycles. The van der Waals surface area contributed by atoms with Crippen molar-refractivity contribution in [2.24, 2.45) is 0 Å². The SMILES string of the molecule is CN(CCC(C)(NC1CC1)C(=O)O)CCS(C)(=O)=O. The fraction of sp³-hybridized carbons (Fsp3) is 0.917. The molecule has 112 valence electrons. The Labute approximate surface area is 115 Å². The Hall–Kier alpha value is -0.660. The zero-order valence-electron chi connectivity index (χ0n) is 11.8. The van der Waals surface area contributed by atoms with E-state index in [2.05, 4.69) is 5.32 Å². The van der Waals surface area contributed by atoms with Gasteiger partial charge in [0, 0.05) is 25.4 Å². The minimum absolute atomic E-state index is 0.101. The van der Waals surface area contributed by atoms with Crippen LogP contribution in [0.15, 0.2) is 0 Å². The van der Waals surface area contributed by atoms with Crippen LogP contribution >= 0.6 is 0 Å². The smallest absolute Gasteiger partial charge is 0.323 e. The third-order valence-electron chi connectivity index (χ3n) is 3.41. The van der Waals surface area contributed by atoms with Crippen molar-refractivity contribution in [1.82, 2.24) is 10.2 Å². The number of carbonyl (C=O) groups is 1. The van der Waals surface area contributed by atoms with Crippen LogP contribution in [0.3, 0.4) is 0 Å². The minimum atomic E-state index is -2.97. The molecule has 0 radical (unpaired) electrons. The molecule has 1 unspecified atom stereocenters. The first-order valence-corrected chi connectivity index (χ1v) is 8.56. The number of rotatable bonds is 9. The van der Waals surface area contributed by atoms with Gasteiger partial charge in [-0.25, -0.2) is 8.42 Å². The fourth-order valence-corrected chi connectivity index (χ4v) is 2.41. The van der Waals surface area contributed by atoms with Crippen LogP contribution in [0.1, 0.15) is 26.2 Å². The summed E-state index contributed by atoms with van der Waals surface area (Å²) in [5, 5.41) is 12.5. The number of nitrogens with one attached hydrogen (secondary N) is 1. The normalized spacial score (nSPS) is 19.4. The van der Waals surface area contributed by atoms with Gasteiger partial charge in [-0.3, -0.25) is 10.1 Å². The van der Waals surface area contributed by atoms with Crippen LogP contribution in [0.2, 0.25) is 0 Å². The molecule has 1 rings (SSSR count). The van der Waals surface area contributed by atoms with Crippen LogP contribution in [0.4, 0.5) is 0 Å². The topological polar surface area (TPSA) is 86.7 Å². The molecule has 0 saturated heterocycles. The molecule has 1 atom stereocenters. The summed E-state index contributed by atoms with van der Waals surface area (Å²) in [5.41, 5.74) is -0.930. The lowest BCUT2D eigenvalue weighted by Gasteiger charge is -2.28. The van der Waals surface area contributed by atoms with Gasteiger partial charge in [0.1, 0.15) is 15.4 Å². The van der Waals surface area contributed by atoms with Gasteiger partial charge in [0.2, 0.25) is 0 Å². The second kappa shape index (κ2) is 6.19. The van der Waals surface area contributed by atoms with Gasteiger partial charge in [0.25, 0.3) is 0 Å². The predicted octanol–water partition coefficient (Wildman–Crippen LogP) is -0.0518. The van der Waals surface area contributed by atoms with E-state index in [9.17, 15) is 18.3 Å². The first-order chi connectivity index (χ1) is 8.62. The van der Waals surface area contributed by atoms with E-state index in [-0.39, 0.29) is 5.75 Å². The molecule has 0 spiro atoms. The van der Waals surface area contributed by atoms with Crippen LogP contribution in [-0.4, -0.2) is 68.1 Å². The summed E-state index contributed by atoms with van der Waals surface area (Å²) in [6.45, 7) is 2.67. The van der Waals surface area contributed by atoms with Crippen LogP contribution in [0.5, 0.6) is 0 Å². The highest BCUT2D eigenvalue weighted by Crippen LogP contribution is 2.24. The van der Waals surface area contributed by atoms with Crippen molar-refractivity contribution >= 4 is 15.8 Å². The van der Waals surface area contributed by atoms with Crippen molar-refractivity contribution < 1.29 is 18.3 Å². The molecule has 0 aromatic rings. The monoisotopic (exact) mass is 292 g/mol. The molecule has 0 aromatic heterocycles. The van der Waals surface area contributed by atoms with Crippen molar-refractivity contribution in [2.75, 3.05) is 32.1 Å². The van der Waals surface area contributed by atoms with E-state index < -0.39 is 21.3 Å². The second-order valence-corrected chi connectivity index (χ2v) is 8.00. The lowest BCUT2D eigenvalue weighted by Crippen LogP contribution is -2.52. The molecule has 2 N–H and O–H groups in total. The van der Waals surface area contributed by atoms with E-state index in [1.165, 1.54) is 6.26 Å². The molecule has 7 heteroatoms. The highest BCUT2D eigenvalue weighted by molar-refractivity contribution is 7.90. The second-order valence-electron chi connectivity index (χ2n) is 5.74. The number of carboxylic acids is 1. The summed E-state index contributed by atoms with van der Waals surface area (Å²) in [6.07, 6.45) is 3.73. The largest absolute Gasteiger partial charge is 0.480 e. The summed E-state index contributed by atoms with van der Waals surface area (Å²) < 4.78 is 22.1. The Kier molecular flexibility index (Phi) is 5.34. The Morgan fingerprint density at radius 1 is 1.42 bits per heavy atom. The highest BCUT2D eigenvalue weighted by atomic mass is 32.2. The van der Waals surface area contributed by atoms with Gasteiger partial charge in [-0.1, -0.05) is 0 Å². The van der Waals surface area contributed by atoms with Crippen LogP contribution in [-0.2, 0) is 14.6 Å². The maximum Gasteiger partial charge on any atom is 0.323 e. The van der Waals surface area contributed by atoms with Crippen molar-refractivity contribution in [2.45, 2.75) is 37.8 Å². The van der Waals surface area contributed by atoms with Gasteiger partial charge in [0.15, 0.2) is 0 Å². The maximum atomic E-state index is 11.3.